The molecule has 334 valence electrons. The Hall–Kier alpha value is -2.65. The van der Waals surface area contributed by atoms with Gasteiger partial charge in [0.25, 0.3) is 0 Å². The molecule has 5 N–H and O–H groups in total. The molecule has 5 aliphatic carbocycles. The fraction of sp³-hybridized carbons (Fsp3) is 0.812. The Morgan fingerprint density at radius 3 is 2.41 bits per heavy atom. The van der Waals surface area contributed by atoms with Gasteiger partial charge in [-0.05, 0) is 95.0 Å². The summed E-state index contributed by atoms with van der Waals surface area (Å²) < 4.78 is 33.4. The van der Waals surface area contributed by atoms with Crippen LogP contribution >= 0.6 is 0 Å². The minimum absolute atomic E-state index is 0.00288. The standard InChI is InChI=1S/C48H66N2O11/c1-43(2)36-35(53)37(54)47(28-9-5-4-6-10-28)34(46(36)24-58-42(56)45(41(46)61-43)17-7-8-18-45)15-19-44(3)38(59-40(55)39-48(44,47)60-39)29-16-20-57-33(29)21-30(32(52)23-51)26-11-13-27(14-12-26)31-22-49-25-50-31/h11,13,16,20,26-28,30-32,34,36-39,41,49-52,54H,4-10,12,14-15,17-19,21-25H2,1-3H3. The zero-order valence-electron chi connectivity index (χ0n) is 36.1. The molecule has 15 atom stereocenters. The first-order valence-corrected chi connectivity index (χ1v) is 23.7. The maximum atomic E-state index is 15.6. The molecule has 1 aromatic heterocycles. The molecule has 13 nitrogen and oxygen atoms in total. The number of ether oxygens (including phenoxy) is 4. The number of aliphatic hydroxyl groups excluding tert-OH is 3. The largest absolute Gasteiger partial charge is 0.469 e. The summed E-state index contributed by atoms with van der Waals surface area (Å²) in [6, 6.07) is 2.23. The molecule has 61 heavy (non-hydrogen) atoms. The van der Waals surface area contributed by atoms with Crippen LogP contribution in [0, 0.1) is 57.2 Å². The van der Waals surface area contributed by atoms with Crippen molar-refractivity contribution in [1.82, 2.24) is 10.6 Å². The topological polar surface area (TPSA) is 189 Å². The van der Waals surface area contributed by atoms with E-state index in [9.17, 15) is 24.9 Å². The third-order valence-electron chi connectivity index (χ3n) is 19.1. The minimum Gasteiger partial charge on any atom is -0.469 e. The Morgan fingerprint density at radius 2 is 1.70 bits per heavy atom. The summed E-state index contributed by atoms with van der Waals surface area (Å²) in [6.45, 7) is 7.39. The fourth-order valence-electron chi connectivity index (χ4n) is 16.8. The van der Waals surface area contributed by atoms with Crippen molar-refractivity contribution in [3.8, 4) is 0 Å². The number of rotatable bonds is 8. The lowest BCUT2D eigenvalue weighted by atomic mass is 9.32. The SMILES string of the molecule is CC1(C)OC2C3(CCCC3)C(=O)OCC23C1C(=O)C(O)C1(C2CCCCC2)C3CCC2(C)C(c3ccoc3CC(C(O)CO)C3C=CC(C4CNCN4)CC3)OC(=O)C3OC321. The molecule has 10 aliphatic rings. The van der Waals surface area contributed by atoms with Crippen LogP contribution < -0.4 is 10.6 Å². The number of cyclic esters (lactones) is 2. The first kappa shape index (κ1) is 41.1. The fourth-order valence-corrected chi connectivity index (χ4v) is 16.8. The molecule has 11 rings (SSSR count). The first-order valence-electron chi connectivity index (χ1n) is 23.7. The van der Waals surface area contributed by atoms with E-state index < -0.39 is 81.9 Å². The number of carbonyl (C=O) groups is 3. The summed E-state index contributed by atoms with van der Waals surface area (Å²) in [5, 5.41) is 41.9. The van der Waals surface area contributed by atoms with Gasteiger partial charge in [0, 0.05) is 53.4 Å². The van der Waals surface area contributed by atoms with E-state index in [-0.39, 0.29) is 42.0 Å². The van der Waals surface area contributed by atoms with Crippen LogP contribution in [0.5, 0.6) is 0 Å². The van der Waals surface area contributed by atoms with Gasteiger partial charge in [-0.3, -0.25) is 14.9 Å². The van der Waals surface area contributed by atoms with Crippen LogP contribution in [-0.4, -0.2) is 101 Å². The summed E-state index contributed by atoms with van der Waals surface area (Å²) in [6.07, 6.45) is 12.1. The van der Waals surface area contributed by atoms with Crippen LogP contribution in [0.15, 0.2) is 28.9 Å². The van der Waals surface area contributed by atoms with Gasteiger partial charge in [0.15, 0.2) is 11.9 Å². The number of hydrogen-bond donors (Lipinski definition) is 5. The van der Waals surface area contributed by atoms with Crippen molar-refractivity contribution < 1.29 is 53.1 Å². The maximum absolute atomic E-state index is 15.6. The van der Waals surface area contributed by atoms with Crippen LogP contribution in [0.4, 0.5) is 0 Å². The second-order valence-electron chi connectivity index (χ2n) is 21.9. The van der Waals surface area contributed by atoms with E-state index in [1.54, 1.807) is 6.26 Å². The van der Waals surface area contributed by atoms with Gasteiger partial charge in [0.1, 0.15) is 30.2 Å². The molecule has 3 spiro atoms. The smallest absolute Gasteiger partial charge is 0.339 e. The van der Waals surface area contributed by atoms with Crippen LogP contribution in [0.3, 0.4) is 0 Å². The lowest BCUT2D eigenvalue weighted by molar-refractivity contribution is -0.284. The number of ketones is 1. The van der Waals surface area contributed by atoms with Gasteiger partial charge in [-0.1, -0.05) is 51.2 Å². The third kappa shape index (κ3) is 5.23. The molecule has 0 radical (unpaired) electrons. The van der Waals surface area contributed by atoms with E-state index in [1.807, 2.05) is 19.9 Å². The molecule has 15 unspecified atom stereocenters. The van der Waals surface area contributed by atoms with E-state index in [1.165, 1.54) is 0 Å². The molecule has 0 bridgehead atoms. The molecule has 6 heterocycles. The van der Waals surface area contributed by atoms with Crippen molar-refractivity contribution in [3.63, 3.8) is 0 Å². The summed E-state index contributed by atoms with van der Waals surface area (Å²) in [5.74, 6) is -1.59. The third-order valence-corrected chi connectivity index (χ3v) is 19.1. The summed E-state index contributed by atoms with van der Waals surface area (Å²) >= 11 is 0. The summed E-state index contributed by atoms with van der Waals surface area (Å²) in [7, 11) is 0. The molecule has 9 fully saturated rings. The van der Waals surface area contributed by atoms with Crippen molar-refractivity contribution in [3.05, 3.63) is 35.8 Å². The molecule has 0 amide bonds. The van der Waals surface area contributed by atoms with E-state index >= 15 is 4.79 Å². The first-order chi connectivity index (χ1) is 29.3. The van der Waals surface area contributed by atoms with Crippen LogP contribution in [0.2, 0.25) is 0 Å². The maximum Gasteiger partial charge on any atom is 0.339 e. The molecular weight excluding hydrogens is 781 g/mol. The van der Waals surface area contributed by atoms with Gasteiger partial charge in [-0.2, -0.15) is 0 Å². The highest BCUT2D eigenvalue weighted by Gasteiger charge is 2.93. The number of aliphatic hydroxyl groups is 3. The number of hydrogen-bond acceptors (Lipinski definition) is 13. The van der Waals surface area contributed by atoms with Gasteiger partial charge in [0.05, 0.1) is 42.0 Å². The quantitative estimate of drug-likeness (QED) is 0.140. The Kier molecular flexibility index (Phi) is 9.55. The molecule has 4 saturated carbocycles. The van der Waals surface area contributed by atoms with Crippen LogP contribution in [0.1, 0.15) is 122 Å². The van der Waals surface area contributed by atoms with Crippen molar-refractivity contribution in [2.45, 2.75) is 158 Å². The number of nitrogens with one attached hydrogen (secondary N) is 2. The Labute approximate surface area is 358 Å². The number of carbonyl (C=O) groups excluding carboxylic acids is 3. The highest BCUT2D eigenvalue weighted by molar-refractivity contribution is 5.92. The van der Waals surface area contributed by atoms with Crippen molar-refractivity contribution in [2.24, 2.45) is 57.2 Å². The van der Waals surface area contributed by atoms with Crippen molar-refractivity contribution >= 4 is 17.7 Å². The second-order valence-corrected chi connectivity index (χ2v) is 21.9. The van der Waals surface area contributed by atoms with Crippen LogP contribution in [0.25, 0.3) is 0 Å². The van der Waals surface area contributed by atoms with Crippen LogP contribution in [-0.2, 0) is 39.8 Å². The van der Waals surface area contributed by atoms with E-state index in [0.717, 1.165) is 71.0 Å². The molecule has 0 aromatic carbocycles. The number of esters is 2. The molecule has 5 saturated heterocycles. The summed E-state index contributed by atoms with van der Waals surface area (Å²) in [4.78, 5) is 44.3. The normalized spacial score (nSPS) is 46.8. The lowest BCUT2D eigenvalue weighted by Gasteiger charge is -2.70. The van der Waals surface area contributed by atoms with Gasteiger partial charge in [-0.25, -0.2) is 4.79 Å². The Balaban J connectivity index is 1.01. The van der Waals surface area contributed by atoms with Gasteiger partial charge < -0.3 is 44.0 Å². The number of epoxide rings is 1. The van der Waals surface area contributed by atoms with E-state index in [4.69, 9.17) is 23.4 Å². The zero-order chi connectivity index (χ0) is 42.3. The van der Waals surface area contributed by atoms with E-state index in [2.05, 4.69) is 29.7 Å². The second kappa shape index (κ2) is 14.2. The number of fused-ring (bicyclic) bond motifs is 2. The van der Waals surface area contributed by atoms with Gasteiger partial charge in [0.2, 0.25) is 0 Å². The average molecular weight is 847 g/mol. The van der Waals surface area contributed by atoms with Gasteiger partial charge >= 0.3 is 11.9 Å². The Bertz CT molecular complexity index is 1960. The van der Waals surface area contributed by atoms with Crippen molar-refractivity contribution in [1.29, 1.82) is 0 Å². The highest BCUT2D eigenvalue weighted by Crippen LogP contribution is 2.83. The highest BCUT2D eigenvalue weighted by atomic mass is 16.7. The predicted molar refractivity (Wildman–Crippen MR) is 218 cm³/mol. The molecular formula is C48H66N2O11. The predicted octanol–water partition coefficient (Wildman–Crippen LogP) is 4.45. The van der Waals surface area contributed by atoms with Gasteiger partial charge in [-0.15, -0.1) is 0 Å². The molecule has 13 heteroatoms. The van der Waals surface area contributed by atoms with Crippen molar-refractivity contribution in [2.75, 3.05) is 26.4 Å². The number of allylic oxidation sites excluding steroid dienone is 1. The lowest BCUT2D eigenvalue weighted by Crippen LogP contribution is -2.79. The molecule has 1 aromatic rings. The average Bonchev–Trinajstić information content (AvgIpc) is 3.76. The number of Topliss-reactive ketones (excluding diaryl/α,β-unsaturated/α-hetero) is 1. The monoisotopic (exact) mass is 846 g/mol. The zero-order valence-corrected chi connectivity index (χ0v) is 36.1. The number of furan rings is 1. The van der Waals surface area contributed by atoms with E-state index in [0.29, 0.717) is 55.4 Å². The Morgan fingerprint density at radius 1 is 0.918 bits per heavy atom. The molecule has 5 aliphatic heterocycles. The minimum atomic E-state index is -1.43. The summed E-state index contributed by atoms with van der Waals surface area (Å²) in [5.41, 5.74) is -5.38.